The van der Waals surface area contributed by atoms with Gasteiger partial charge in [0.25, 0.3) is 0 Å². The first kappa shape index (κ1) is 24.3. The first-order chi connectivity index (χ1) is 18.5. The summed E-state index contributed by atoms with van der Waals surface area (Å²) in [5.74, 6) is 1.22. The van der Waals surface area contributed by atoms with E-state index < -0.39 is 5.97 Å². The van der Waals surface area contributed by atoms with Gasteiger partial charge in [-0.2, -0.15) is 0 Å². The van der Waals surface area contributed by atoms with Crippen molar-refractivity contribution in [1.82, 2.24) is 9.47 Å². The third kappa shape index (κ3) is 4.06. The lowest BCUT2D eigenvalue weighted by molar-refractivity contribution is 0.0697. The predicted molar refractivity (Wildman–Crippen MR) is 142 cm³/mol. The van der Waals surface area contributed by atoms with Gasteiger partial charge in [-0.3, -0.25) is 4.90 Å². The summed E-state index contributed by atoms with van der Waals surface area (Å²) in [6.07, 6.45) is 1.72. The predicted octanol–water partition coefficient (Wildman–Crippen LogP) is 4.54. The molecular formula is C30H30N2O6. The number of carboxylic acids is 1. The van der Waals surface area contributed by atoms with Gasteiger partial charge in [0.15, 0.2) is 11.5 Å². The standard InChI is InChI=1S/C30H30N2O6/c1-36-21-7-8-25-23(12-21)24-13-26-22-14-28(37-2)29(38-16-18-3-5-19(6-4-18)30(34)35)11-20(22)9-10-31(26)15-27(24)32(25)17-33/h3-8,11-12,14,26,33H,9-10,13,15-17H2,1-2H3,(H,34,35). The van der Waals surface area contributed by atoms with Gasteiger partial charge in [0, 0.05) is 30.2 Å². The molecule has 6 rings (SSSR count). The van der Waals surface area contributed by atoms with Gasteiger partial charge in [-0.15, -0.1) is 0 Å². The first-order valence-electron chi connectivity index (χ1n) is 12.7. The monoisotopic (exact) mass is 514 g/mol. The molecule has 3 aromatic carbocycles. The van der Waals surface area contributed by atoms with E-state index in [9.17, 15) is 9.90 Å². The van der Waals surface area contributed by atoms with Crippen molar-refractivity contribution in [3.63, 3.8) is 0 Å². The average Bonchev–Trinajstić information content (AvgIpc) is 3.26. The Morgan fingerprint density at radius 1 is 1.03 bits per heavy atom. The lowest BCUT2D eigenvalue weighted by Crippen LogP contribution is -2.39. The lowest BCUT2D eigenvalue weighted by atomic mass is 9.85. The number of benzene rings is 3. The zero-order valence-electron chi connectivity index (χ0n) is 21.4. The molecule has 4 aromatic rings. The number of fused-ring (bicyclic) bond motifs is 6. The number of aliphatic hydroxyl groups excluding tert-OH is 1. The van der Waals surface area contributed by atoms with Crippen LogP contribution in [-0.4, -0.2) is 46.4 Å². The Bertz CT molecular complexity index is 1520. The summed E-state index contributed by atoms with van der Waals surface area (Å²) in [5, 5.41) is 20.4. The second kappa shape index (κ2) is 9.70. The molecule has 0 amide bonds. The van der Waals surface area contributed by atoms with Gasteiger partial charge in [-0.05, 0) is 77.6 Å². The molecule has 8 heteroatoms. The fraction of sp³-hybridized carbons (Fsp3) is 0.300. The molecule has 1 unspecified atom stereocenters. The minimum absolute atomic E-state index is 0.0548. The van der Waals surface area contributed by atoms with Crippen molar-refractivity contribution < 1.29 is 29.2 Å². The van der Waals surface area contributed by atoms with E-state index in [4.69, 9.17) is 19.3 Å². The molecule has 0 bridgehead atoms. The number of carboxylic acid groups (broad SMARTS) is 1. The Labute approximate surface area is 220 Å². The number of aromatic carboxylic acids is 1. The van der Waals surface area contributed by atoms with Crippen LogP contribution in [0.2, 0.25) is 0 Å². The number of hydrogen-bond donors (Lipinski definition) is 2. The van der Waals surface area contributed by atoms with E-state index >= 15 is 0 Å². The first-order valence-corrected chi connectivity index (χ1v) is 12.7. The highest BCUT2D eigenvalue weighted by molar-refractivity contribution is 5.88. The van der Waals surface area contributed by atoms with E-state index in [-0.39, 0.29) is 18.3 Å². The summed E-state index contributed by atoms with van der Waals surface area (Å²) >= 11 is 0. The Balaban J connectivity index is 1.31. The van der Waals surface area contributed by atoms with Crippen LogP contribution in [-0.2, 0) is 32.7 Å². The van der Waals surface area contributed by atoms with E-state index in [1.54, 1.807) is 38.5 Å². The Morgan fingerprint density at radius 3 is 2.55 bits per heavy atom. The largest absolute Gasteiger partial charge is 0.497 e. The van der Waals surface area contributed by atoms with Crippen LogP contribution in [0.5, 0.6) is 17.2 Å². The van der Waals surface area contributed by atoms with Crippen molar-refractivity contribution in [2.24, 2.45) is 0 Å². The fourth-order valence-electron chi connectivity index (χ4n) is 5.91. The Hall–Kier alpha value is -4.01. The number of aliphatic hydroxyl groups is 1. The van der Waals surface area contributed by atoms with Crippen LogP contribution in [0.3, 0.4) is 0 Å². The van der Waals surface area contributed by atoms with E-state index in [1.807, 2.05) is 16.7 Å². The number of aromatic nitrogens is 1. The quantitative estimate of drug-likeness (QED) is 0.374. The normalized spacial score (nSPS) is 16.4. The molecule has 2 N–H and O–H groups in total. The van der Waals surface area contributed by atoms with E-state index in [0.29, 0.717) is 18.1 Å². The average molecular weight is 515 g/mol. The van der Waals surface area contributed by atoms with Crippen molar-refractivity contribution in [1.29, 1.82) is 0 Å². The van der Waals surface area contributed by atoms with Gasteiger partial charge in [-0.1, -0.05) is 12.1 Å². The molecule has 2 aliphatic heterocycles. The third-order valence-electron chi connectivity index (χ3n) is 7.87. The smallest absolute Gasteiger partial charge is 0.335 e. The van der Waals surface area contributed by atoms with Gasteiger partial charge < -0.3 is 29.0 Å². The zero-order chi connectivity index (χ0) is 26.4. The van der Waals surface area contributed by atoms with E-state index in [2.05, 4.69) is 23.1 Å². The Kier molecular flexibility index (Phi) is 6.21. The van der Waals surface area contributed by atoms with E-state index in [1.165, 1.54) is 16.7 Å². The van der Waals surface area contributed by atoms with Crippen molar-refractivity contribution in [3.8, 4) is 17.2 Å². The highest BCUT2D eigenvalue weighted by Crippen LogP contribution is 2.45. The summed E-state index contributed by atoms with van der Waals surface area (Å²) in [4.78, 5) is 13.6. The fourth-order valence-corrected chi connectivity index (χ4v) is 5.91. The van der Waals surface area contributed by atoms with E-state index in [0.717, 1.165) is 53.8 Å². The second-order valence-electron chi connectivity index (χ2n) is 9.81. The van der Waals surface area contributed by atoms with Gasteiger partial charge in [0.05, 0.1) is 25.3 Å². The molecule has 8 nitrogen and oxygen atoms in total. The number of hydrogen-bond acceptors (Lipinski definition) is 6. The molecule has 0 spiro atoms. The van der Waals surface area contributed by atoms with Crippen LogP contribution in [0.25, 0.3) is 10.9 Å². The van der Waals surface area contributed by atoms with Crippen LogP contribution in [0.15, 0.2) is 54.6 Å². The van der Waals surface area contributed by atoms with Crippen molar-refractivity contribution in [3.05, 3.63) is 88.1 Å². The second-order valence-corrected chi connectivity index (χ2v) is 9.81. The highest BCUT2D eigenvalue weighted by Gasteiger charge is 2.36. The van der Waals surface area contributed by atoms with Crippen molar-refractivity contribution in [2.45, 2.75) is 38.8 Å². The molecule has 38 heavy (non-hydrogen) atoms. The van der Waals surface area contributed by atoms with Gasteiger partial charge in [0.1, 0.15) is 19.1 Å². The summed E-state index contributed by atoms with van der Waals surface area (Å²) < 4.78 is 19.4. The molecule has 0 radical (unpaired) electrons. The molecule has 3 heterocycles. The summed E-state index contributed by atoms with van der Waals surface area (Å²) in [6.45, 7) is 1.94. The van der Waals surface area contributed by atoms with Gasteiger partial charge in [-0.25, -0.2) is 4.79 Å². The number of nitrogens with zero attached hydrogens (tertiary/aromatic N) is 2. The number of carbonyl (C=O) groups is 1. The maximum absolute atomic E-state index is 11.1. The van der Waals surface area contributed by atoms with Crippen LogP contribution in [0.4, 0.5) is 0 Å². The maximum atomic E-state index is 11.1. The number of ether oxygens (including phenoxy) is 3. The summed E-state index contributed by atoms with van der Waals surface area (Å²) in [7, 11) is 3.32. The maximum Gasteiger partial charge on any atom is 0.335 e. The van der Waals surface area contributed by atoms with Crippen LogP contribution >= 0.6 is 0 Å². The molecule has 0 fully saturated rings. The summed E-state index contributed by atoms with van der Waals surface area (Å²) in [5.41, 5.74) is 7.07. The molecule has 0 aliphatic carbocycles. The van der Waals surface area contributed by atoms with Crippen LogP contribution in [0, 0.1) is 0 Å². The number of rotatable bonds is 7. The molecule has 196 valence electrons. The van der Waals surface area contributed by atoms with Gasteiger partial charge in [0.2, 0.25) is 0 Å². The minimum Gasteiger partial charge on any atom is -0.497 e. The SMILES string of the molecule is COc1ccc2c(c1)c1c(n2CO)CN2CCc3cc(OCc4ccc(C(=O)O)cc4)c(OC)cc3C2C1. The van der Waals surface area contributed by atoms with Crippen molar-refractivity contribution in [2.75, 3.05) is 20.8 Å². The number of methoxy groups -OCH3 is 2. The van der Waals surface area contributed by atoms with Crippen LogP contribution < -0.4 is 14.2 Å². The molecule has 1 atom stereocenters. The molecule has 1 aromatic heterocycles. The van der Waals surface area contributed by atoms with Crippen LogP contribution in [0.1, 0.15) is 44.3 Å². The highest BCUT2D eigenvalue weighted by atomic mass is 16.5. The lowest BCUT2D eigenvalue weighted by Gasteiger charge is -2.41. The summed E-state index contributed by atoms with van der Waals surface area (Å²) in [6, 6.07) is 17.1. The van der Waals surface area contributed by atoms with Gasteiger partial charge >= 0.3 is 5.97 Å². The molecule has 0 saturated heterocycles. The molecule has 0 saturated carbocycles. The third-order valence-corrected chi connectivity index (χ3v) is 7.87. The molecular weight excluding hydrogens is 484 g/mol. The zero-order valence-corrected chi connectivity index (χ0v) is 21.4. The Morgan fingerprint density at radius 2 is 1.84 bits per heavy atom. The molecule has 2 aliphatic rings. The minimum atomic E-state index is -0.947. The van der Waals surface area contributed by atoms with Crippen molar-refractivity contribution >= 4 is 16.9 Å². The topological polar surface area (TPSA) is 93.4 Å².